The molecule has 0 spiro atoms. The molecule has 18 heavy (non-hydrogen) atoms. The summed E-state index contributed by atoms with van der Waals surface area (Å²) in [4.78, 5) is 23.3. The minimum Gasteiger partial charge on any atom is -0.352 e. The minimum absolute atomic E-state index is 0.0340. The van der Waals surface area contributed by atoms with Crippen molar-refractivity contribution in [2.45, 2.75) is 52.1 Å². The third-order valence-corrected chi connectivity index (χ3v) is 3.14. The maximum Gasteiger partial charge on any atom is 0.242 e. The molecule has 0 aliphatic carbocycles. The van der Waals surface area contributed by atoms with Crippen LogP contribution in [0.25, 0.3) is 0 Å². The summed E-state index contributed by atoms with van der Waals surface area (Å²) in [6.45, 7) is 7.59. The van der Waals surface area contributed by atoms with E-state index in [2.05, 4.69) is 16.0 Å². The first kappa shape index (κ1) is 15.0. The van der Waals surface area contributed by atoms with Crippen molar-refractivity contribution in [1.82, 2.24) is 16.0 Å². The molecule has 0 aromatic carbocycles. The van der Waals surface area contributed by atoms with Gasteiger partial charge in [-0.3, -0.25) is 9.59 Å². The summed E-state index contributed by atoms with van der Waals surface area (Å²) in [5, 5.41) is 8.80. The van der Waals surface area contributed by atoms with Crippen molar-refractivity contribution in [3.8, 4) is 0 Å². The molecule has 104 valence electrons. The summed E-state index contributed by atoms with van der Waals surface area (Å²) in [6.07, 6.45) is 2.56. The van der Waals surface area contributed by atoms with Gasteiger partial charge in [-0.1, -0.05) is 0 Å². The Morgan fingerprint density at radius 3 is 2.56 bits per heavy atom. The van der Waals surface area contributed by atoms with Crippen LogP contribution in [0.3, 0.4) is 0 Å². The maximum atomic E-state index is 11.7. The van der Waals surface area contributed by atoms with Crippen LogP contribution >= 0.6 is 0 Å². The number of hydrogen-bond donors (Lipinski definition) is 3. The van der Waals surface area contributed by atoms with Crippen LogP contribution in [0.4, 0.5) is 0 Å². The number of hydrogen-bond acceptors (Lipinski definition) is 3. The molecule has 0 radical (unpaired) electrons. The van der Waals surface area contributed by atoms with Gasteiger partial charge in [-0.15, -0.1) is 0 Å². The zero-order valence-corrected chi connectivity index (χ0v) is 11.6. The summed E-state index contributed by atoms with van der Waals surface area (Å²) >= 11 is 0. The van der Waals surface area contributed by atoms with E-state index in [1.807, 2.05) is 13.8 Å². The van der Waals surface area contributed by atoms with Gasteiger partial charge in [0.2, 0.25) is 11.8 Å². The largest absolute Gasteiger partial charge is 0.352 e. The number of rotatable bonds is 6. The molecule has 3 N–H and O–H groups in total. The SMILES string of the molecule is CC(C)NC(=O)C(C)NC(=O)CCC1CCNC1. The van der Waals surface area contributed by atoms with E-state index in [1.54, 1.807) is 6.92 Å². The molecule has 0 saturated carbocycles. The van der Waals surface area contributed by atoms with Gasteiger partial charge < -0.3 is 16.0 Å². The molecular formula is C13H25N3O2. The summed E-state index contributed by atoms with van der Waals surface area (Å²) in [5.41, 5.74) is 0. The van der Waals surface area contributed by atoms with Crippen LogP contribution in [0.5, 0.6) is 0 Å². The van der Waals surface area contributed by atoms with Crippen molar-refractivity contribution in [3.63, 3.8) is 0 Å². The smallest absolute Gasteiger partial charge is 0.242 e. The molecular weight excluding hydrogens is 230 g/mol. The molecule has 1 rings (SSSR count). The Bertz CT molecular complexity index is 286. The Morgan fingerprint density at radius 1 is 1.28 bits per heavy atom. The molecule has 2 unspecified atom stereocenters. The van der Waals surface area contributed by atoms with Crippen molar-refractivity contribution >= 4 is 11.8 Å². The Morgan fingerprint density at radius 2 is 2.00 bits per heavy atom. The normalized spacial score (nSPS) is 20.8. The molecule has 0 aromatic heterocycles. The van der Waals surface area contributed by atoms with Crippen LogP contribution in [0.15, 0.2) is 0 Å². The summed E-state index contributed by atoms with van der Waals surface area (Å²) in [5.74, 6) is 0.449. The quantitative estimate of drug-likeness (QED) is 0.643. The molecule has 1 saturated heterocycles. The molecule has 1 aliphatic heterocycles. The molecule has 0 aromatic rings. The zero-order chi connectivity index (χ0) is 13.5. The van der Waals surface area contributed by atoms with Crippen molar-refractivity contribution in [3.05, 3.63) is 0 Å². The Balaban J connectivity index is 2.19. The molecule has 1 aliphatic rings. The average molecular weight is 255 g/mol. The molecule has 0 bridgehead atoms. The second kappa shape index (κ2) is 7.36. The molecule has 5 heteroatoms. The van der Waals surface area contributed by atoms with Crippen LogP contribution in [-0.2, 0) is 9.59 Å². The van der Waals surface area contributed by atoms with Gasteiger partial charge >= 0.3 is 0 Å². The number of amides is 2. The van der Waals surface area contributed by atoms with Crippen molar-refractivity contribution < 1.29 is 9.59 Å². The predicted octanol–water partition coefficient (Wildman–Crippen LogP) is 0.405. The Labute approximate surface area is 109 Å². The molecule has 1 fully saturated rings. The minimum atomic E-state index is -0.457. The van der Waals surface area contributed by atoms with E-state index in [-0.39, 0.29) is 17.9 Å². The predicted molar refractivity (Wildman–Crippen MR) is 71.1 cm³/mol. The van der Waals surface area contributed by atoms with E-state index >= 15 is 0 Å². The topological polar surface area (TPSA) is 70.2 Å². The summed E-state index contributed by atoms with van der Waals surface area (Å²) in [6, 6.07) is -0.358. The van der Waals surface area contributed by atoms with Gasteiger partial charge in [0.15, 0.2) is 0 Å². The van der Waals surface area contributed by atoms with Gasteiger partial charge in [-0.05, 0) is 52.6 Å². The zero-order valence-electron chi connectivity index (χ0n) is 11.6. The highest BCUT2D eigenvalue weighted by atomic mass is 16.2. The lowest BCUT2D eigenvalue weighted by molar-refractivity contribution is -0.129. The Hall–Kier alpha value is -1.10. The van der Waals surface area contributed by atoms with Crippen LogP contribution in [-0.4, -0.2) is 37.0 Å². The lowest BCUT2D eigenvalue weighted by Crippen LogP contribution is -2.46. The number of nitrogens with one attached hydrogen (secondary N) is 3. The van der Waals surface area contributed by atoms with Crippen LogP contribution < -0.4 is 16.0 Å². The first-order chi connectivity index (χ1) is 8.49. The fourth-order valence-corrected chi connectivity index (χ4v) is 2.08. The highest BCUT2D eigenvalue weighted by molar-refractivity contribution is 5.87. The average Bonchev–Trinajstić information content (AvgIpc) is 2.78. The first-order valence-electron chi connectivity index (χ1n) is 6.79. The van der Waals surface area contributed by atoms with E-state index in [0.717, 1.165) is 25.9 Å². The van der Waals surface area contributed by atoms with Crippen molar-refractivity contribution in [1.29, 1.82) is 0 Å². The highest BCUT2D eigenvalue weighted by Gasteiger charge is 2.18. The van der Waals surface area contributed by atoms with Crippen molar-refractivity contribution in [2.75, 3.05) is 13.1 Å². The van der Waals surface area contributed by atoms with Crippen LogP contribution in [0, 0.1) is 5.92 Å². The molecule has 2 amide bonds. The van der Waals surface area contributed by atoms with Gasteiger partial charge in [0.05, 0.1) is 0 Å². The second-order valence-corrected chi connectivity index (χ2v) is 5.35. The summed E-state index contributed by atoms with van der Waals surface area (Å²) < 4.78 is 0. The van der Waals surface area contributed by atoms with E-state index in [0.29, 0.717) is 12.3 Å². The lowest BCUT2D eigenvalue weighted by Gasteiger charge is -2.16. The molecule has 1 heterocycles. The summed E-state index contributed by atoms with van der Waals surface area (Å²) in [7, 11) is 0. The molecule has 5 nitrogen and oxygen atoms in total. The van der Waals surface area contributed by atoms with E-state index in [1.165, 1.54) is 0 Å². The van der Waals surface area contributed by atoms with E-state index in [9.17, 15) is 9.59 Å². The van der Waals surface area contributed by atoms with Crippen molar-refractivity contribution in [2.24, 2.45) is 5.92 Å². The van der Waals surface area contributed by atoms with Gasteiger partial charge in [0.25, 0.3) is 0 Å². The fraction of sp³-hybridized carbons (Fsp3) is 0.846. The molecule has 2 atom stereocenters. The highest BCUT2D eigenvalue weighted by Crippen LogP contribution is 2.13. The third-order valence-electron chi connectivity index (χ3n) is 3.14. The van der Waals surface area contributed by atoms with Crippen LogP contribution in [0.2, 0.25) is 0 Å². The van der Waals surface area contributed by atoms with E-state index in [4.69, 9.17) is 0 Å². The first-order valence-corrected chi connectivity index (χ1v) is 6.79. The Kier molecular flexibility index (Phi) is 6.12. The van der Waals surface area contributed by atoms with Gasteiger partial charge in [0.1, 0.15) is 6.04 Å². The maximum absolute atomic E-state index is 11.7. The van der Waals surface area contributed by atoms with Gasteiger partial charge in [-0.2, -0.15) is 0 Å². The van der Waals surface area contributed by atoms with E-state index < -0.39 is 6.04 Å². The third kappa shape index (κ3) is 5.49. The number of carbonyl (C=O) groups excluding carboxylic acids is 2. The monoisotopic (exact) mass is 255 g/mol. The van der Waals surface area contributed by atoms with Gasteiger partial charge in [0, 0.05) is 12.5 Å². The lowest BCUT2D eigenvalue weighted by atomic mass is 10.0. The standard InChI is InChI=1S/C13H25N3O2/c1-9(2)15-13(18)10(3)16-12(17)5-4-11-6-7-14-8-11/h9-11,14H,4-8H2,1-3H3,(H,15,18)(H,16,17). The van der Waals surface area contributed by atoms with Crippen LogP contribution in [0.1, 0.15) is 40.0 Å². The second-order valence-electron chi connectivity index (χ2n) is 5.35. The van der Waals surface area contributed by atoms with Gasteiger partial charge in [-0.25, -0.2) is 0 Å². The fourth-order valence-electron chi connectivity index (χ4n) is 2.08. The number of carbonyl (C=O) groups is 2.